The molecule has 2 bridgehead atoms. The molecule has 2 aliphatic carbocycles. The number of halogens is 2. The smallest absolute Gasteiger partial charge is 0.244 e. The molecule has 4 atom stereocenters. The average molecular weight is 400 g/mol. The van der Waals surface area contributed by atoms with Gasteiger partial charge in [-0.05, 0) is 43.6 Å². The lowest BCUT2D eigenvalue weighted by Crippen LogP contribution is -2.54. The Hall–Kier alpha value is -0.810. The van der Waals surface area contributed by atoms with Crippen molar-refractivity contribution < 1.29 is 4.79 Å². The first-order valence-electron chi connectivity index (χ1n) is 9.47. The lowest BCUT2D eigenvalue weighted by Gasteiger charge is -2.41. The Morgan fingerprint density at radius 2 is 1.69 bits per heavy atom. The first-order valence-corrected chi connectivity index (χ1v) is 9.47. The Bertz CT molecular complexity index is 602. The quantitative estimate of drug-likeness (QED) is 0.848. The van der Waals surface area contributed by atoms with Crippen LogP contribution in [-0.4, -0.2) is 47.9 Å². The van der Waals surface area contributed by atoms with Gasteiger partial charge in [0, 0.05) is 32.2 Å². The monoisotopic (exact) mass is 399 g/mol. The molecule has 2 saturated carbocycles. The standard InChI is InChI=1S/C20H29N3O.2ClH/c1-14-2-5-16(6-3-14)19(21)20(24)23-10-8-22(9-11-23)18-13-15-4-7-17(18)12-15;;/h2-3,5-6,15,17-19H,4,7-13,21H2,1H3;2*1H. The van der Waals surface area contributed by atoms with Crippen LogP contribution in [0.15, 0.2) is 24.3 Å². The largest absolute Gasteiger partial charge is 0.338 e. The summed E-state index contributed by atoms with van der Waals surface area (Å²) in [4.78, 5) is 17.3. The molecule has 0 spiro atoms. The Morgan fingerprint density at radius 3 is 2.23 bits per heavy atom. The molecular weight excluding hydrogens is 369 g/mol. The predicted molar refractivity (Wildman–Crippen MR) is 110 cm³/mol. The molecule has 1 heterocycles. The van der Waals surface area contributed by atoms with E-state index >= 15 is 0 Å². The van der Waals surface area contributed by atoms with Gasteiger partial charge in [-0.2, -0.15) is 0 Å². The number of amides is 1. The molecule has 26 heavy (non-hydrogen) atoms. The van der Waals surface area contributed by atoms with Crippen LogP contribution in [0.4, 0.5) is 0 Å². The van der Waals surface area contributed by atoms with Crippen LogP contribution in [0.2, 0.25) is 0 Å². The van der Waals surface area contributed by atoms with Crippen molar-refractivity contribution >= 4 is 30.7 Å². The normalized spacial score (nSPS) is 29.0. The van der Waals surface area contributed by atoms with Gasteiger partial charge in [0.25, 0.3) is 0 Å². The Morgan fingerprint density at radius 1 is 1.04 bits per heavy atom. The van der Waals surface area contributed by atoms with E-state index in [1.807, 2.05) is 36.1 Å². The fourth-order valence-electron chi connectivity index (χ4n) is 5.05. The van der Waals surface area contributed by atoms with Gasteiger partial charge in [-0.25, -0.2) is 0 Å². The van der Waals surface area contributed by atoms with Crippen LogP contribution < -0.4 is 5.73 Å². The molecule has 1 amide bonds. The van der Waals surface area contributed by atoms with Gasteiger partial charge in [0.15, 0.2) is 0 Å². The Labute approximate surface area is 169 Å². The highest BCUT2D eigenvalue weighted by Gasteiger charge is 2.43. The van der Waals surface area contributed by atoms with Gasteiger partial charge in [0.05, 0.1) is 0 Å². The minimum atomic E-state index is -0.528. The van der Waals surface area contributed by atoms with Gasteiger partial charge >= 0.3 is 0 Å². The zero-order valence-electron chi connectivity index (χ0n) is 15.5. The lowest BCUT2D eigenvalue weighted by atomic mass is 9.93. The molecular formula is C20H31Cl2N3O. The first kappa shape index (κ1) is 21.5. The van der Waals surface area contributed by atoms with E-state index in [1.165, 1.54) is 31.2 Å². The van der Waals surface area contributed by atoms with Gasteiger partial charge in [0.1, 0.15) is 6.04 Å². The molecule has 0 radical (unpaired) electrons. The summed E-state index contributed by atoms with van der Waals surface area (Å²) < 4.78 is 0. The van der Waals surface area contributed by atoms with Crippen molar-refractivity contribution in [1.29, 1.82) is 0 Å². The van der Waals surface area contributed by atoms with E-state index in [9.17, 15) is 4.79 Å². The van der Waals surface area contributed by atoms with Gasteiger partial charge in [-0.15, -0.1) is 24.8 Å². The van der Waals surface area contributed by atoms with Crippen LogP contribution in [0.1, 0.15) is 42.9 Å². The summed E-state index contributed by atoms with van der Waals surface area (Å²) in [5, 5.41) is 0. The molecule has 1 aromatic rings. The molecule has 4 unspecified atom stereocenters. The number of rotatable bonds is 3. The third-order valence-corrected chi connectivity index (χ3v) is 6.50. The zero-order valence-corrected chi connectivity index (χ0v) is 17.1. The number of carbonyl (C=O) groups is 1. The fourth-order valence-corrected chi connectivity index (χ4v) is 5.05. The second-order valence-electron chi connectivity index (χ2n) is 7.99. The summed E-state index contributed by atoms with van der Waals surface area (Å²) in [7, 11) is 0. The zero-order chi connectivity index (χ0) is 16.7. The number of benzene rings is 1. The van der Waals surface area contributed by atoms with Crippen LogP contribution >= 0.6 is 24.8 Å². The molecule has 1 aromatic carbocycles. The van der Waals surface area contributed by atoms with Crippen LogP contribution in [0.25, 0.3) is 0 Å². The van der Waals surface area contributed by atoms with Crippen molar-refractivity contribution in [3.05, 3.63) is 35.4 Å². The highest BCUT2D eigenvalue weighted by atomic mass is 35.5. The van der Waals surface area contributed by atoms with Crippen molar-refractivity contribution in [2.24, 2.45) is 17.6 Å². The van der Waals surface area contributed by atoms with E-state index < -0.39 is 6.04 Å². The number of aryl methyl sites for hydroxylation is 1. The van der Waals surface area contributed by atoms with Crippen LogP contribution in [0.5, 0.6) is 0 Å². The number of fused-ring (bicyclic) bond motifs is 2. The van der Waals surface area contributed by atoms with E-state index in [-0.39, 0.29) is 30.7 Å². The highest BCUT2D eigenvalue weighted by Crippen LogP contribution is 2.46. The maximum Gasteiger partial charge on any atom is 0.244 e. The van der Waals surface area contributed by atoms with E-state index in [0.29, 0.717) is 0 Å². The van der Waals surface area contributed by atoms with Crippen molar-refractivity contribution in [2.75, 3.05) is 26.2 Å². The number of piperazine rings is 1. The molecule has 6 heteroatoms. The topological polar surface area (TPSA) is 49.6 Å². The van der Waals surface area contributed by atoms with E-state index in [0.717, 1.165) is 49.6 Å². The molecule has 3 fully saturated rings. The molecule has 4 nitrogen and oxygen atoms in total. The summed E-state index contributed by atoms with van der Waals surface area (Å²) in [6.07, 6.45) is 5.71. The molecule has 3 aliphatic rings. The van der Waals surface area contributed by atoms with Crippen LogP contribution in [-0.2, 0) is 4.79 Å². The number of hydrogen-bond acceptors (Lipinski definition) is 3. The second kappa shape index (κ2) is 8.92. The minimum absolute atomic E-state index is 0. The number of nitrogens with two attached hydrogens (primary N) is 1. The molecule has 1 saturated heterocycles. The van der Waals surface area contributed by atoms with Crippen molar-refractivity contribution in [1.82, 2.24) is 9.80 Å². The number of nitrogens with zero attached hydrogens (tertiary/aromatic N) is 2. The van der Waals surface area contributed by atoms with Gasteiger partial charge in [0.2, 0.25) is 5.91 Å². The average Bonchev–Trinajstić information content (AvgIpc) is 3.25. The molecule has 1 aliphatic heterocycles. The molecule has 0 aromatic heterocycles. The lowest BCUT2D eigenvalue weighted by molar-refractivity contribution is -0.135. The highest BCUT2D eigenvalue weighted by molar-refractivity contribution is 5.85. The van der Waals surface area contributed by atoms with E-state index in [4.69, 9.17) is 5.73 Å². The summed E-state index contributed by atoms with van der Waals surface area (Å²) in [5.41, 5.74) is 8.33. The first-order chi connectivity index (χ1) is 11.6. The molecule has 2 N–H and O–H groups in total. The maximum absolute atomic E-state index is 12.7. The van der Waals surface area contributed by atoms with Gasteiger partial charge in [-0.1, -0.05) is 36.2 Å². The third kappa shape index (κ3) is 4.19. The SMILES string of the molecule is Cc1ccc(C(N)C(=O)N2CCN(C3CC4CCC3C4)CC2)cc1.Cl.Cl. The van der Waals surface area contributed by atoms with Crippen molar-refractivity contribution in [3.63, 3.8) is 0 Å². The van der Waals surface area contributed by atoms with Crippen molar-refractivity contribution in [3.8, 4) is 0 Å². The van der Waals surface area contributed by atoms with Crippen LogP contribution in [0, 0.1) is 18.8 Å². The summed E-state index contributed by atoms with van der Waals surface area (Å²) in [6, 6.07) is 8.25. The van der Waals surface area contributed by atoms with Crippen molar-refractivity contribution in [2.45, 2.75) is 44.7 Å². The number of carbonyl (C=O) groups excluding carboxylic acids is 1. The third-order valence-electron chi connectivity index (χ3n) is 6.50. The Balaban J connectivity index is 0.00000121. The van der Waals surface area contributed by atoms with E-state index in [2.05, 4.69) is 4.90 Å². The summed E-state index contributed by atoms with van der Waals surface area (Å²) in [5.74, 6) is 1.98. The summed E-state index contributed by atoms with van der Waals surface area (Å²) >= 11 is 0. The minimum Gasteiger partial charge on any atom is -0.338 e. The second-order valence-corrected chi connectivity index (χ2v) is 7.99. The molecule has 4 rings (SSSR count). The van der Waals surface area contributed by atoms with Crippen LogP contribution in [0.3, 0.4) is 0 Å². The maximum atomic E-state index is 12.7. The molecule has 146 valence electrons. The Kier molecular flexibility index (Phi) is 7.37. The predicted octanol–water partition coefficient (Wildman–Crippen LogP) is 3.17. The fraction of sp³-hybridized carbons (Fsp3) is 0.650. The van der Waals surface area contributed by atoms with Gasteiger partial charge in [-0.3, -0.25) is 9.69 Å². The van der Waals surface area contributed by atoms with E-state index in [1.54, 1.807) is 0 Å². The van der Waals surface area contributed by atoms with Gasteiger partial charge < -0.3 is 10.6 Å². The number of hydrogen-bond donors (Lipinski definition) is 1. The summed E-state index contributed by atoms with van der Waals surface area (Å²) in [6.45, 7) is 5.73.